The Bertz CT molecular complexity index is 688. The van der Waals surface area contributed by atoms with E-state index in [4.69, 9.17) is 18.9 Å². The van der Waals surface area contributed by atoms with E-state index in [2.05, 4.69) is 9.80 Å². The molecule has 7 nitrogen and oxygen atoms in total. The van der Waals surface area contributed by atoms with Crippen molar-refractivity contribution in [2.75, 3.05) is 85.5 Å². The highest BCUT2D eigenvalue weighted by atomic mass is 16.5. The summed E-state index contributed by atoms with van der Waals surface area (Å²) in [7, 11) is 0. The molecule has 2 fully saturated rings. The average molecular weight is 449 g/mol. The number of benzene rings is 1. The average Bonchev–Trinajstić information content (AvgIpc) is 3.54. The fraction of sp³-hybridized carbons (Fsp3) is 0.760. The van der Waals surface area contributed by atoms with Crippen LogP contribution in [0.1, 0.15) is 24.8 Å². The molecule has 1 aliphatic carbocycles. The highest BCUT2D eigenvalue weighted by Gasteiger charge is 2.36. The van der Waals surface area contributed by atoms with Crippen LogP contribution >= 0.6 is 0 Å². The van der Waals surface area contributed by atoms with Crippen molar-refractivity contribution in [2.45, 2.75) is 25.7 Å². The minimum atomic E-state index is 0.132. The van der Waals surface area contributed by atoms with Crippen molar-refractivity contribution in [3.8, 4) is 11.5 Å². The van der Waals surface area contributed by atoms with Gasteiger partial charge in [-0.25, -0.2) is 0 Å². The van der Waals surface area contributed by atoms with Crippen LogP contribution in [0.15, 0.2) is 18.2 Å². The van der Waals surface area contributed by atoms with Crippen molar-refractivity contribution in [1.29, 1.82) is 0 Å². The van der Waals surface area contributed by atoms with E-state index in [1.165, 1.54) is 19.3 Å². The van der Waals surface area contributed by atoms with Gasteiger partial charge in [0.1, 0.15) is 13.2 Å². The van der Waals surface area contributed by atoms with Crippen LogP contribution in [0.4, 0.5) is 0 Å². The van der Waals surface area contributed by atoms with Crippen LogP contribution in [0.5, 0.6) is 11.5 Å². The summed E-state index contributed by atoms with van der Waals surface area (Å²) in [5, 5.41) is 9.32. The van der Waals surface area contributed by atoms with Crippen LogP contribution in [0.2, 0.25) is 0 Å². The van der Waals surface area contributed by atoms with Crippen molar-refractivity contribution in [3.05, 3.63) is 23.8 Å². The van der Waals surface area contributed by atoms with E-state index in [-0.39, 0.29) is 6.61 Å². The van der Waals surface area contributed by atoms with Gasteiger partial charge in [0.2, 0.25) is 0 Å². The van der Waals surface area contributed by atoms with Crippen LogP contribution in [-0.2, 0) is 15.9 Å². The summed E-state index contributed by atoms with van der Waals surface area (Å²) in [6, 6.07) is 6.00. The van der Waals surface area contributed by atoms with Crippen molar-refractivity contribution < 1.29 is 24.1 Å². The maximum atomic E-state index is 9.32. The second kappa shape index (κ2) is 12.8. The molecule has 180 valence electrons. The Morgan fingerprint density at radius 2 is 1.34 bits per heavy atom. The molecule has 4 unspecified atom stereocenters. The van der Waals surface area contributed by atoms with Gasteiger partial charge in [-0.1, -0.05) is 6.07 Å². The lowest BCUT2D eigenvalue weighted by Crippen LogP contribution is -2.36. The summed E-state index contributed by atoms with van der Waals surface area (Å²) >= 11 is 0. The molecule has 32 heavy (non-hydrogen) atoms. The number of hydrogen-bond acceptors (Lipinski definition) is 7. The molecular formula is C25H40N2O5. The highest BCUT2D eigenvalue weighted by Crippen LogP contribution is 2.43. The van der Waals surface area contributed by atoms with E-state index >= 15 is 0 Å². The zero-order valence-electron chi connectivity index (χ0n) is 19.4. The molecule has 7 heteroatoms. The number of hydrogen-bond donors (Lipinski definition) is 1. The van der Waals surface area contributed by atoms with Crippen LogP contribution in [0.25, 0.3) is 0 Å². The summed E-state index contributed by atoms with van der Waals surface area (Å²) in [6.45, 7) is 9.97. The fourth-order valence-corrected chi connectivity index (χ4v) is 4.69. The van der Waals surface area contributed by atoms with Gasteiger partial charge in [0.15, 0.2) is 11.5 Å². The number of fused-ring (bicyclic) bond motifs is 8. The van der Waals surface area contributed by atoms with Gasteiger partial charge in [-0.2, -0.15) is 0 Å². The zero-order chi connectivity index (χ0) is 22.0. The smallest absolute Gasteiger partial charge is 0.161 e. The van der Waals surface area contributed by atoms with E-state index in [1.807, 2.05) is 18.2 Å². The quantitative estimate of drug-likeness (QED) is 0.695. The van der Waals surface area contributed by atoms with Gasteiger partial charge >= 0.3 is 0 Å². The predicted molar refractivity (Wildman–Crippen MR) is 124 cm³/mol. The minimum Gasteiger partial charge on any atom is -0.488 e. The molecule has 4 rings (SSSR count). The van der Waals surface area contributed by atoms with Crippen molar-refractivity contribution in [3.63, 3.8) is 0 Å². The molecule has 2 heterocycles. The van der Waals surface area contributed by atoms with Crippen LogP contribution in [-0.4, -0.2) is 100 Å². The largest absolute Gasteiger partial charge is 0.488 e. The Labute approximate surface area is 192 Å². The summed E-state index contributed by atoms with van der Waals surface area (Å²) < 4.78 is 24.3. The molecule has 1 saturated heterocycles. The monoisotopic (exact) mass is 448 g/mol. The molecule has 2 bridgehead atoms. The van der Waals surface area contributed by atoms with Crippen molar-refractivity contribution in [1.82, 2.24) is 9.80 Å². The van der Waals surface area contributed by atoms with Crippen LogP contribution in [0.3, 0.4) is 0 Å². The highest BCUT2D eigenvalue weighted by molar-refractivity contribution is 5.43. The molecule has 0 spiro atoms. The third-order valence-electron chi connectivity index (χ3n) is 6.91. The summed E-state index contributed by atoms with van der Waals surface area (Å²) in [5.41, 5.74) is 1.06. The van der Waals surface area contributed by atoms with Gasteiger partial charge in [-0.05, 0) is 61.8 Å². The molecule has 0 radical (unpaired) electrons. The van der Waals surface area contributed by atoms with E-state index in [0.717, 1.165) is 94.6 Å². The summed E-state index contributed by atoms with van der Waals surface area (Å²) in [4.78, 5) is 4.84. The number of nitrogens with zero attached hydrogens (tertiary/aromatic N) is 2. The molecule has 1 aromatic carbocycles. The lowest BCUT2D eigenvalue weighted by atomic mass is 10.1. The SMILES string of the molecule is OCCc1ccc2c(c1)OCCN1CCOCCN(CCOCCC3CC3CC1)CCO2. The second-order valence-electron chi connectivity index (χ2n) is 9.19. The van der Waals surface area contributed by atoms with E-state index in [0.29, 0.717) is 19.6 Å². The van der Waals surface area contributed by atoms with Gasteiger partial charge in [0.05, 0.1) is 19.8 Å². The van der Waals surface area contributed by atoms with Gasteiger partial charge in [0, 0.05) is 45.9 Å². The Morgan fingerprint density at radius 1 is 0.719 bits per heavy atom. The molecule has 1 N–H and O–H groups in total. The van der Waals surface area contributed by atoms with E-state index in [1.54, 1.807) is 0 Å². The minimum absolute atomic E-state index is 0.132. The molecule has 3 aliphatic rings. The zero-order valence-corrected chi connectivity index (χ0v) is 19.4. The number of rotatable bonds is 2. The molecule has 1 aromatic rings. The Morgan fingerprint density at radius 3 is 2.09 bits per heavy atom. The lowest BCUT2D eigenvalue weighted by molar-refractivity contribution is 0.0569. The molecule has 0 amide bonds. The normalized spacial score (nSPS) is 30.5. The topological polar surface area (TPSA) is 63.6 Å². The predicted octanol–water partition coefficient (Wildman–Crippen LogP) is 2.06. The first-order valence-electron chi connectivity index (χ1n) is 12.4. The van der Waals surface area contributed by atoms with E-state index < -0.39 is 0 Å². The second-order valence-corrected chi connectivity index (χ2v) is 9.19. The van der Waals surface area contributed by atoms with Gasteiger partial charge < -0.3 is 24.1 Å². The fourth-order valence-electron chi connectivity index (χ4n) is 4.69. The maximum absolute atomic E-state index is 9.32. The van der Waals surface area contributed by atoms with Gasteiger partial charge in [0.25, 0.3) is 0 Å². The molecular weight excluding hydrogens is 408 g/mol. The number of ether oxygens (including phenoxy) is 4. The number of aliphatic hydroxyl groups is 1. The molecule has 2 aliphatic heterocycles. The third kappa shape index (κ3) is 7.59. The van der Waals surface area contributed by atoms with Crippen molar-refractivity contribution in [2.24, 2.45) is 11.8 Å². The van der Waals surface area contributed by atoms with E-state index in [9.17, 15) is 5.11 Å². The van der Waals surface area contributed by atoms with Crippen molar-refractivity contribution >= 4 is 0 Å². The Balaban J connectivity index is 1.47. The molecule has 4 atom stereocenters. The Kier molecular flexibility index (Phi) is 9.47. The Hall–Kier alpha value is -1.38. The molecule has 1 saturated carbocycles. The van der Waals surface area contributed by atoms with Crippen LogP contribution < -0.4 is 9.47 Å². The first-order valence-corrected chi connectivity index (χ1v) is 12.4. The summed E-state index contributed by atoms with van der Waals surface area (Å²) in [6.07, 6.45) is 4.43. The standard InChI is InChI=1S/C25H40N2O5/c28-12-4-21-1-2-24-25(19-21)32-18-10-26-6-3-22-20-23(22)5-13-29-14-8-27(11-17-31-24)9-16-30-15-7-26/h1-2,19,22-23,28H,3-18,20H2. The first kappa shape index (κ1) is 23.8. The van der Waals surface area contributed by atoms with Gasteiger partial charge in [-0.3, -0.25) is 9.80 Å². The van der Waals surface area contributed by atoms with Gasteiger partial charge in [-0.15, -0.1) is 0 Å². The van der Waals surface area contributed by atoms with Crippen LogP contribution in [0, 0.1) is 11.8 Å². The molecule has 0 aromatic heterocycles. The summed E-state index contributed by atoms with van der Waals surface area (Å²) in [5.74, 6) is 3.25. The first-order chi connectivity index (χ1) is 15.8. The third-order valence-corrected chi connectivity index (χ3v) is 6.91. The lowest BCUT2D eigenvalue weighted by Gasteiger charge is -2.24. The maximum Gasteiger partial charge on any atom is 0.161 e. The number of aliphatic hydroxyl groups excluding tert-OH is 1.